The fourth-order valence-electron chi connectivity index (χ4n) is 7.92. The molecule has 0 aromatic rings. The molecule has 4 rings (SSSR count). The van der Waals surface area contributed by atoms with E-state index in [1.807, 2.05) is 0 Å². The number of carbonyl (C=O) groups is 3. The zero-order valence-electron chi connectivity index (χ0n) is 19.7. The van der Waals surface area contributed by atoms with Crippen LogP contribution < -0.4 is 0 Å². The van der Waals surface area contributed by atoms with Crippen molar-refractivity contribution >= 4 is 17.7 Å². The molecule has 0 spiro atoms. The molecule has 0 aromatic heterocycles. The standard InChI is InChI=1S/C26H36O5/c1-15-13-20-21(24(5)10-7-19(14-23(15)24)30-17(3)28)8-11-25(6)22(20)9-12-26(25,16(2)27)31-18(4)29/h13-14,19-22H,7-12H2,1-6H3/t19-,20+,21-,22-,24+,25-,26-/m0/s1. The van der Waals surface area contributed by atoms with Gasteiger partial charge >= 0.3 is 11.9 Å². The van der Waals surface area contributed by atoms with Crippen molar-refractivity contribution in [3.05, 3.63) is 23.3 Å². The van der Waals surface area contributed by atoms with Crippen LogP contribution in [-0.4, -0.2) is 29.4 Å². The van der Waals surface area contributed by atoms with E-state index in [4.69, 9.17) is 9.47 Å². The molecular weight excluding hydrogens is 392 g/mol. The zero-order chi connectivity index (χ0) is 22.8. The van der Waals surface area contributed by atoms with Crippen LogP contribution in [0.3, 0.4) is 0 Å². The molecule has 0 aromatic carbocycles. The number of allylic oxidation sites excluding steroid dienone is 3. The molecule has 4 aliphatic carbocycles. The molecule has 5 nitrogen and oxygen atoms in total. The first-order valence-corrected chi connectivity index (χ1v) is 11.7. The van der Waals surface area contributed by atoms with Crippen LogP contribution in [0.5, 0.6) is 0 Å². The lowest BCUT2D eigenvalue weighted by molar-refractivity contribution is -0.185. The van der Waals surface area contributed by atoms with Crippen molar-refractivity contribution in [2.24, 2.45) is 28.6 Å². The summed E-state index contributed by atoms with van der Waals surface area (Å²) in [5.74, 6) is 0.550. The van der Waals surface area contributed by atoms with Gasteiger partial charge in [-0.15, -0.1) is 0 Å². The molecule has 0 amide bonds. The Morgan fingerprint density at radius 3 is 2.19 bits per heavy atom. The molecule has 0 saturated heterocycles. The molecule has 0 aliphatic heterocycles. The fraction of sp³-hybridized carbons (Fsp3) is 0.731. The first-order valence-electron chi connectivity index (χ1n) is 11.7. The minimum Gasteiger partial charge on any atom is -0.458 e. The number of esters is 2. The summed E-state index contributed by atoms with van der Waals surface area (Å²) >= 11 is 0. The Morgan fingerprint density at radius 2 is 1.58 bits per heavy atom. The number of Topliss-reactive ketones (excluding diaryl/α,β-unsaturated/α-hetero) is 1. The van der Waals surface area contributed by atoms with Crippen molar-refractivity contribution in [2.75, 3.05) is 0 Å². The maximum absolute atomic E-state index is 12.9. The highest BCUT2D eigenvalue weighted by Gasteiger charge is 2.67. The van der Waals surface area contributed by atoms with Gasteiger partial charge in [0.1, 0.15) is 6.10 Å². The number of fused-ring (bicyclic) bond motifs is 5. The molecule has 0 heterocycles. The largest absolute Gasteiger partial charge is 0.458 e. The summed E-state index contributed by atoms with van der Waals surface area (Å²) in [5, 5.41) is 0. The highest BCUT2D eigenvalue weighted by Crippen LogP contribution is 2.68. The van der Waals surface area contributed by atoms with Crippen molar-refractivity contribution in [3.8, 4) is 0 Å². The summed E-state index contributed by atoms with van der Waals surface area (Å²) in [6.45, 7) is 11.2. The van der Waals surface area contributed by atoms with E-state index in [2.05, 4.69) is 32.9 Å². The number of rotatable bonds is 3. The number of ether oxygens (including phenoxy) is 2. The van der Waals surface area contributed by atoms with Gasteiger partial charge in [-0.25, -0.2) is 0 Å². The predicted molar refractivity (Wildman–Crippen MR) is 117 cm³/mol. The van der Waals surface area contributed by atoms with E-state index in [9.17, 15) is 14.4 Å². The van der Waals surface area contributed by atoms with Crippen molar-refractivity contribution in [3.63, 3.8) is 0 Å². The lowest BCUT2D eigenvalue weighted by atomic mass is 9.47. The van der Waals surface area contributed by atoms with Crippen molar-refractivity contribution < 1.29 is 23.9 Å². The van der Waals surface area contributed by atoms with Gasteiger partial charge in [-0.2, -0.15) is 0 Å². The predicted octanol–water partition coefficient (Wildman–Crippen LogP) is 4.94. The van der Waals surface area contributed by atoms with Crippen LogP contribution in [0, 0.1) is 28.6 Å². The van der Waals surface area contributed by atoms with Gasteiger partial charge in [0.15, 0.2) is 11.4 Å². The van der Waals surface area contributed by atoms with Gasteiger partial charge in [-0.05, 0) is 87.2 Å². The van der Waals surface area contributed by atoms with E-state index >= 15 is 0 Å². The van der Waals surface area contributed by atoms with E-state index < -0.39 is 5.60 Å². The quantitative estimate of drug-likeness (QED) is 0.596. The maximum Gasteiger partial charge on any atom is 0.303 e. The van der Waals surface area contributed by atoms with E-state index in [-0.39, 0.29) is 34.7 Å². The normalized spacial score (nSPS) is 43.5. The van der Waals surface area contributed by atoms with E-state index in [1.165, 1.54) is 25.0 Å². The number of hydrogen-bond donors (Lipinski definition) is 0. The van der Waals surface area contributed by atoms with Crippen LogP contribution in [-0.2, 0) is 23.9 Å². The van der Waals surface area contributed by atoms with Gasteiger partial charge < -0.3 is 9.47 Å². The summed E-state index contributed by atoms with van der Waals surface area (Å²) in [5.41, 5.74) is 1.29. The molecule has 2 fully saturated rings. The number of ketones is 1. The lowest BCUT2D eigenvalue weighted by Gasteiger charge is -2.58. The maximum atomic E-state index is 12.9. The van der Waals surface area contributed by atoms with Gasteiger partial charge in [0.05, 0.1) is 0 Å². The van der Waals surface area contributed by atoms with Crippen molar-refractivity contribution in [1.82, 2.24) is 0 Å². The zero-order valence-corrected chi connectivity index (χ0v) is 19.7. The topological polar surface area (TPSA) is 69.7 Å². The lowest BCUT2D eigenvalue weighted by Crippen LogP contribution is -2.58. The third-order valence-electron chi connectivity index (χ3n) is 9.26. The summed E-state index contributed by atoms with van der Waals surface area (Å²) < 4.78 is 11.4. The molecule has 0 bridgehead atoms. The molecule has 170 valence electrons. The van der Waals surface area contributed by atoms with Gasteiger partial charge in [0.25, 0.3) is 0 Å². The van der Waals surface area contributed by atoms with E-state index in [0.29, 0.717) is 24.2 Å². The highest BCUT2D eigenvalue weighted by molar-refractivity contribution is 5.89. The average molecular weight is 429 g/mol. The second-order valence-electron chi connectivity index (χ2n) is 10.8. The molecule has 7 atom stereocenters. The molecule has 0 unspecified atom stereocenters. The van der Waals surface area contributed by atoms with Gasteiger partial charge in [0, 0.05) is 19.3 Å². The minimum absolute atomic E-state index is 0.0173. The van der Waals surface area contributed by atoms with Crippen LogP contribution in [0.4, 0.5) is 0 Å². The Hall–Kier alpha value is -1.91. The number of carbonyl (C=O) groups excluding carboxylic acids is 3. The molecule has 4 aliphatic rings. The molecule has 5 heteroatoms. The average Bonchev–Trinajstić information content (AvgIpc) is 2.96. The second-order valence-corrected chi connectivity index (χ2v) is 10.8. The molecule has 31 heavy (non-hydrogen) atoms. The Morgan fingerprint density at radius 1 is 0.903 bits per heavy atom. The van der Waals surface area contributed by atoms with Gasteiger partial charge in [0.2, 0.25) is 0 Å². The van der Waals surface area contributed by atoms with Crippen LogP contribution in [0.1, 0.15) is 80.1 Å². The molecule has 2 saturated carbocycles. The third kappa shape index (κ3) is 3.14. The van der Waals surface area contributed by atoms with Gasteiger partial charge in [-0.1, -0.05) is 25.5 Å². The number of hydrogen-bond acceptors (Lipinski definition) is 5. The van der Waals surface area contributed by atoms with Gasteiger partial charge in [-0.3, -0.25) is 14.4 Å². The Kier molecular flexibility index (Phi) is 5.26. The molecule has 0 N–H and O–H groups in total. The summed E-state index contributed by atoms with van der Waals surface area (Å²) in [4.78, 5) is 36.3. The van der Waals surface area contributed by atoms with E-state index in [0.717, 1.165) is 32.1 Å². The first-order chi connectivity index (χ1) is 14.4. The van der Waals surface area contributed by atoms with Crippen molar-refractivity contribution in [2.45, 2.75) is 91.8 Å². The summed E-state index contributed by atoms with van der Waals surface area (Å²) in [6.07, 6.45) is 9.69. The summed E-state index contributed by atoms with van der Waals surface area (Å²) in [6, 6.07) is 0. The van der Waals surface area contributed by atoms with Crippen LogP contribution in [0.25, 0.3) is 0 Å². The molecular formula is C26H36O5. The SMILES string of the molecule is CC(=O)O[C@@H]1C=C2C(C)=C[C@@H]3[C@H](CC[C@@]4(C)[C@H]3CC[C@]4(OC(C)=O)C(C)=O)[C@@]2(C)CC1. The first kappa shape index (κ1) is 22.3. The Balaban J connectivity index is 1.73. The Labute approximate surface area is 185 Å². The highest BCUT2D eigenvalue weighted by atomic mass is 16.6. The summed E-state index contributed by atoms with van der Waals surface area (Å²) in [7, 11) is 0. The monoisotopic (exact) mass is 428 g/mol. The Bertz CT molecular complexity index is 884. The fourth-order valence-corrected chi connectivity index (χ4v) is 7.92. The van der Waals surface area contributed by atoms with Crippen LogP contribution in [0.15, 0.2) is 23.3 Å². The van der Waals surface area contributed by atoms with Crippen molar-refractivity contribution in [1.29, 1.82) is 0 Å². The third-order valence-corrected chi connectivity index (χ3v) is 9.26. The second kappa shape index (κ2) is 7.31. The van der Waals surface area contributed by atoms with E-state index in [1.54, 1.807) is 6.92 Å². The van der Waals surface area contributed by atoms with Crippen LogP contribution in [0.2, 0.25) is 0 Å². The molecule has 0 radical (unpaired) electrons. The van der Waals surface area contributed by atoms with Crippen LogP contribution >= 0.6 is 0 Å². The minimum atomic E-state index is -1.000. The smallest absolute Gasteiger partial charge is 0.303 e.